The standard InChI is InChI=1S/C76H131N17O18P4/c1-59-19-25-67-61(47-59)21-23-65(83-67)51-86-31-39-90(55-112(100,101)102)43-35-88(36-44-91(40-32-86)56-113(103,104)105)53-73(96)81-29-13-9-17-69(79-5)71(94)50-64(16-8-12-28-78-4)76(99)85-70(72(95)49-63(75(98)80-6)15-7-11-27-77-3)18-10-14-30-82-74(97)54-89-37-45-92(57-114(106,107)108)41-33-87(34-42-93(46-38-89)58-115(109,110)111)52-66-24-22-62-48-60(2)20-26-68(62)84-66/h19-26,47-48,63-64,69-70,77-79H,7-18,27-46,49-58H2,1-6H3,(H,80,98)(H,81,96)(H,82,97)(H,85,99)(H2,100,101,102)(H2,103,104,105)(H2,106,107,108)(H2,109,110,111). The summed E-state index contributed by atoms with van der Waals surface area (Å²) in [5.41, 5.74) is 5.33. The first kappa shape index (κ1) is 98.5. The van der Waals surface area contributed by atoms with E-state index < -0.39 is 85.4 Å². The van der Waals surface area contributed by atoms with Crippen molar-refractivity contribution in [1.29, 1.82) is 0 Å². The van der Waals surface area contributed by atoms with Crippen molar-refractivity contribution < 1.29 is 86.2 Å². The summed E-state index contributed by atoms with van der Waals surface area (Å²) in [6.07, 6.45) is 3.23. The second-order valence-electron chi connectivity index (χ2n) is 30.9. The Kier molecular flexibility index (Phi) is 43.4. The molecule has 115 heavy (non-hydrogen) atoms. The first-order valence-electron chi connectivity index (χ1n) is 40.3. The number of hydrogen-bond acceptors (Lipinski definition) is 23. The summed E-state index contributed by atoms with van der Waals surface area (Å²) in [6.45, 7) is 10.1. The Morgan fingerprint density at radius 2 is 0.713 bits per heavy atom. The maximum absolute atomic E-state index is 14.7. The number of rotatable bonds is 46. The maximum Gasteiger partial charge on any atom is 0.339 e. The van der Waals surface area contributed by atoms with E-state index in [9.17, 15) is 86.2 Å². The van der Waals surface area contributed by atoms with Crippen LogP contribution in [0.5, 0.6) is 0 Å². The predicted molar refractivity (Wildman–Crippen MR) is 445 cm³/mol. The molecule has 0 saturated carbocycles. The summed E-state index contributed by atoms with van der Waals surface area (Å²) < 4.78 is 49.9. The molecule has 15 N–H and O–H groups in total. The minimum Gasteiger partial charge on any atom is -0.359 e. The molecule has 35 nitrogen and oxygen atoms in total. The third-order valence-corrected chi connectivity index (χ3v) is 24.0. The van der Waals surface area contributed by atoms with Gasteiger partial charge in [0.05, 0.1) is 47.6 Å². The van der Waals surface area contributed by atoms with Gasteiger partial charge >= 0.3 is 30.4 Å². The number of aromatic nitrogens is 2. The van der Waals surface area contributed by atoms with Crippen molar-refractivity contribution in [2.24, 2.45) is 11.8 Å². The van der Waals surface area contributed by atoms with Crippen LogP contribution in [0.3, 0.4) is 0 Å². The number of aryl methyl sites for hydroxylation is 2. The number of fused-ring (bicyclic) bond motifs is 2. The third kappa shape index (κ3) is 40.5. The Balaban J connectivity index is 1.06. The summed E-state index contributed by atoms with van der Waals surface area (Å²) in [6, 6.07) is 18.0. The van der Waals surface area contributed by atoms with E-state index >= 15 is 0 Å². The van der Waals surface area contributed by atoms with Gasteiger partial charge in [0.1, 0.15) is 25.1 Å². The number of Topliss-reactive ketones (excluding diaryl/α,β-unsaturated/α-hetero) is 2. The second-order valence-corrected chi connectivity index (χ2v) is 37.4. The molecule has 4 amide bonds. The van der Waals surface area contributed by atoms with Crippen LogP contribution in [0.4, 0.5) is 0 Å². The van der Waals surface area contributed by atoms with Crippen LogP contribution in [0.1, 0.15) is 112 Å². The molecule has 0 aliphatic carbocycles. The number of unbranched alkanes of at least 4 members (excludes halogenated alkanes) is 4. The highest BCUT2D eigenvalue weighted by Gasteiger charge is 2.33. The molecule has 0 radical (unpaired) electrons. The predicted octanol–water partition coefficient (Wildman–Crippen LogP) is 2.41. The molecule has 39 heteroatoms. The average Bonchev–Trinajstić information content (AvgIpc) is 0.833. The van der Waals surface area contributed by atoms with Crippen molar-refractivity contribution in [2.75, 3.05) is 197 Å². The molecule has 2 aromatic carbocycles. The second kappa shape index (κ2) is 50.7. The topological polar surface area (TPSA) is 468 Å². The number of hydrogen-bond donors (Lipinski definition) is 15. The van der Waals surface area contributed by atoms with Crippen LogP contribution in [0.15, 0.2) is 60.7 Å². The van der Waals surface area contributed by atoms with Gasteiger partial charge in [-0.1, -0.05) is 48.2 Å². The lowest BCUT2D eigenvalue weighted by Gasteiger charge is -2.34. The molecular formula is C76H131N17O18P4. The van der Waals surface area contributed by atoms with Crippen molar-refractivity contribution in [3.8, 4) is 0 Å². The fourth-order valence-corrected chi connectivity index (χ4v) is 17.8. The third-order valence-electron chi connectivity index (χ3n) is 21.0. The minimum absolute atomic E-state index is 0.114. The lowest BCUT2D eigenvalue weighted by Crippen LogP contribution is -2.48. The molecule has 4 aromatic rings. The number of nitrogens with zero attached hydrogens (tertiary/aromatic N) is 10. The lowest BCUT2D eigenvalue weighted by molar-refractivity contribution is -0.134. The number of benzene rings is 2. The Bertz CT molecular complexity index is 3810. The van der Waals surface area contributed by atoms with Gasteiger partial charge in [0.2, 0.25) is 23.6 Å². The van der Waals surface area contributed by atoms with E-state index in [2.05, 4.69) is 42.1 Å². The lowest BCUT2D eigenvalue weighted by atomic mass is 9.89. The molecule has 2 aliphatic heterocycles. The number of pyridine rings is 2. The maximum atomic E-state index is 14.7. The Morgan fingerprint density at radius 3 is 1.06 bits per heavy atom. The van der Waals surface area contributed by atoms with E-state index in [0.29, 0.717) is 117 Å². The molecule has 0 spiro atoms. The summed E-state index contributed by atoms with van der Waals surface area (Å²) in [4.78, 5) is 190. The van der Waals surface area contributed by atoms with E-state index in [0.717, 1.165) is 50.7 Å². The Labute approximate surface area is 678 Å². The van der Waals surface area contributed by atoms with E-state index in [1.54, 1.807) is 36.4 Å². The van der Waals surface area contributed by atoms with Gasteiger partial charge in [-0.05, 0) is 149 Å². The molecule has 2 saturated heterocycles. The van der Waals surface area contributed by atoms with Crippen molar-refractivity contribution >= 4 is 87.4 Å². The Morgan fingerprint density at radius 1 is 0.391 bits per heavy atom. The van der Waals surface area contributed by atoms with Crippen LogP contribution < -0.4 is 37.2 Å². The normalized spacial score (nSPS) is 17.5. The quantitative estimate of drug-likeness (QED) is 0.0223. The highest BCUT2D eigenvalue weighted by molar-refractivity contribution is 7.52. The van der Waals surface area contributed by atoms with E-state index in [-0.39, 0.29) is 153 Å². The molecule has 0 bridgehead atoms. The van der Waals surface area contributed by atoms with Gasteiger partial charge in [0.15, 0.2) is 11.6 Å². The first-order valence-corrected chi connectivity index (χ1v) is 47.5. The van der Waals surface area contributed by atoms with Crippen molar-refractivity contribution in [1.82, 2.24) is 86.4 Å². The van der Waals surface area contributed by atoms with Gasteiger partial charge in [0, 0.05) is 173 Å². The van der Waals surface area contributed by atoms with E-state index in [1.165, 1.54) is 7.05 Å². The number of ketones is 2. The zero-order valence-electron chi connectivity index (χ0n) is 68.2. The van der Waals surface area contributed by atoms with Crippen LogP contribution in [0.2, 0.25) is 0 Å². The SMILES string of the molecule is CNCCCCC(CC(=O)C(CCCCNC(=O)CN1CCN(CP(=O)(O)O)CCN(Cc2ccc3cc(C)ccc3n2)CCN(CP(=O)(O)O)CC1)NC(=O)C(CCCCNC)CC(=O)C(CCCCNC(=O)CN1CCN(CP(=O)(O)O)CCN(Cc2ccc3cc(C)ccc3n2)CCN(CP(=O)(O)O)CC1)NC)C(=O)NC. The summed E-state index contributed by atoms with van der Waals surface area (Å²) in [5, 5.41) is 22.9. The number of likely N-dealkylation sites (N-methyl/N-ethyl adjacent to an activating group) is 1. The number of carbonyl (C=O) groups excluding carboxylic acids is 6. The van der Waals surface area contributed by atoms with Gasteiger partial charge in [-0.15, -0.1) is 0 Å². The fraction of sp³-hybridized carbons (Fsp3) is 0.684. The monoisotopic (exact) mass is 1690 g/mol. The molecule has 2 fully saturated rings. The molecule has 4 atom stereocenters. The zero-order chi connectivity index (χ0) is 84.1. The molecule has 6 rings (SSSR count). The highest BCUT2D eigenvalue weighted by atomic mass is 31.2. The van der Waals surface area contributed by atoms with E-state index in [1.807, 2.05) is 93.5 Å². The van der Waals surface area contributed by atoms with Crippen molar-refractivity contribution in [3.05, 3.63) is 83.2 Å². The number of amides is 4. The molecule has 2 aromatic heterocycles. The average molecular weight is 1690 g/mol. The highest BCUT2D eigenvalue weighted by Crippen LogP contribution is 2.38. The van der Waals surface area contributed by atoms with Crippen molar-refractivity contribution in [3.63, 3.8) is 0 Å². The van der Waals surface area contributed by atoms with Crippen LogP contribution >= 0.6 is 30.4 Å². The summed E-state index contributed by atoms with van der Waals surface area (Å²) in [5.74, 6) is -3.63. The van der Waals surface area contributed by atoms with Gasteiger partial charge in [0.25, 0.3) is 0 Å². The summed E-state index contributed by atoms with van der Waals surface area (Å²) >= 11 is 0. The van der Waals surface area contributed by atoms with Crippen LogP contribution in [-0.2, 0) is 60.1 Å². The molecule has 2 aliphatic rings. The number of nitrogens with one attached hydrogen (secondary N) is 7. The molecule has 4 unspecified atom stereocenters. The molecular weight excluding hydrogens is 1560 g/mol. The zero-order valence-corrected chi connectivity index (χ0v) is 71.8. The summed E-state index contributed by atoms with van der Waals surface area (Å²) in [7, 11) is -11.3. The van der Waals surface area contributed by atoms with Gasteiger partial charge in [-0.25, -0.2) is 0 Å². The first-order chi connectivity index (χ1) is 54.5. The minimum atomic E-state index is -4.54. The molecule has 648 valence electrons. The Hall–Kier alpha value is -5.36. The fourth-order valence-electron chi connectivity index (χ4n) is 14.6. The van der Waals surface area contributed by atoms with Gasteiger partial charge in [-0.3, -0.25) is 96.2 Å². The van der Waals surface area contributed by atoms with Crippen LogP contribution in [0.25, 0.3) is 21.8 Å². The van der Waals surface area contributed by atoms with E-state index in [4.69, 9.17) is 9.97 Å². The van der Waals surface area contributed by atoms with Crippen molar-refractivity contribution in [2.45, 2.75) is 129 Å². The smallest absolute Gasteiger partial charge is 0.339 e. The van der Waals surface area contributed by atoms with Crippen LogP contribution in [0, 0.1) is 25.7 Å². The molecule has 4 heterocycles. The van der Waals surface area contributed by atoms with Gasteiger partial charge < -0.3 is 76.4 Å². The largest absolute Gasteiger partial charge is 0.359 e. The van der Waals surface area contributed by atoms with Crippen LogP contribution in [-0.4, -0.2) is 333 Å². The van der Waals surface area contributed by atoms with Gasteiger partial charge in [-0.2, -0.15) is 0 Å². The number of carbonyl (C=O) groups is 6.